The Morgan fingerprint density at radius 2 is 2.42 bits per heavy atom. The number of ether oxygens (including phenoxy) is 1. The van der Waals surface area contributed by atoms with Gasteiger partial charge in [-0.25, -0.2) is 4.68 Å². The van der Waals surface area contributed by atoms with Crippen molar-refractivity contribution in [2.75, 3.05) is 13.7 Å². The van der Waals surface area contributed by atoms with Crippen molar-refractivity contribution >= 4 is 11.6 Å². The Hall–Kier alpha value is -0.680. The Labute approximate surface area is 75.7 Å². The first kappa shape index (κ1) is 9.41. The second-order valence-corrected chi connectivity index (χ2v) is 2.57. The van der Waals surface area contributed by atoms with Crippen LogP contribution in [-0.2, 0) is 17.2 Å². The summed E-state index contributed by atoms with van der Waals surface area (Å²) in [5.74, 6) is 1.05. The number of hydrogen-bond acceptors (Lipinski definition) is 4. The smallest absolute Gasteiger partial charge is 0.165 e. The lowest BCUT2D eigenvalue weighted by Gasteiger charge is -2.00. The standard InChI is InChI=1S/C6H11ClN4O/c1-12-4-2-3-11-6(5-7)8-9-10-11/h2-5H2,1H3. The number of aryl methyl sites for hydroxylation is 1. The summed E-state index contributed by atoms with van der Waals surface area (Å²) in [6.07, 6.45) is 0.894. The molecule has 5 nitrogen and oxygen atoms in total. The molecule has 0 fully saturated rings. The Kier molecular flexibility index (Phi) is 3.96. The van der Waals surface area contributed by atoms with Gasteiger partial charge in [0.25, 0.3) is 0 Å². The predicted octanol–water partition coefficient (Wildman–Crippen LogP) is 0.448. The molecule has 0 saturated carbocycles. The lowest BCUT2D eigenvalue weighted by molar-refractivity contribution is 0.188. The molecular formula is C6H11ClN4O. The molecule has 0 N–H and O–H groups in total. The zero-order chi connectivity index (χ0) is 8.81. The number of hydrogen-bond donors (Lipinski definition) is 0. The highest BCUT2D eigenvalue weighted by Crippen LogP contribution is 1.98. The molecule has 0 atom stereocenters. The van der Waals surface area contributed by atoms with Crippen molar-refractivity contribution in [3.8, 4) is 0 Å². The monoisotopic (exact) mass is 190 g/mol. The van der Waals surface area contributed by atoms with Crippen molar-refractivity contribution in [1.29, 1.82) is 0 Å². The topological polar surface area (TPSA) is 52.8 Å². The molecule has 0 radical (unpaired) electrons. The van der Waals surface area contributed by atoms with E-state index in [-0.39, 0.29) is 0 Å². The van der Waals surface area contributed by atoms with E-state index >= 15 is 0 Å². The van der Waals surface area contributed by atoms with Crippen molar-refractivity contribution in [2.45, 2.75) is 18.8 Å². The molecule has 0 aromatic carbocycles. The highest BCUT2D eigenvalue weighted by Gasteiger charge is 2.02. The van der Waals surface area contributed by atoms with Crippen molar-refractivity contribution in [1.82, 2.24) is 20.2 Å². The van der Waals surface area contributed by atoms with E-state index in [2.05, 4.69) is 15.5 Å². The molecule has 1 aromatic rings. The van der Waals surface area contributed by atoms with Crippen LogP contribution in [0, 0.1) is 0 Å². The Morgan fingerprint density at radius 1 is 1.58 bits per heavy atom. The minimum absolute atomic E-state index is 0.347. The average Bonchev–Trinajstić information content (AvgIpc) is 2.52. The van der Waals surface area contributed by atoms with Gasteiger partial charge in [0.15, 0.2) is 5.82 Å². The molecule has 1 heterocycles. The number of aromatic nitrogens is 4. The molecule has 0 aliphatic heterocycles. The fourth-order valence-corrected chi connectivity index (χ4v) is 1.04. The first-order valence-electron chi connectivity index (χ1n) is 3.68. The lowest BCUT2D eigenvalue weighted by atomic mass is 10.4. The van der Waals surface area contributed by atoms with Gasteiger partial charge in [-0.05, 0) is 16.8 Å². The van der Waals surface area contributed by atoms with Crippen LogP contribution in [0.2, 0.25) is 0 Å². The van der Waals surface area contributed by atoms with Crippen LogP contribution in [-0.4, -0.2) is 33.9 Å². The maximum absolute atomic E-state index is 5.59. The predicted molar refractivity (Wildman–Crippen MR) is 43.9 cm³/mol. The summed E-state index contributed by atoms with van der Waals surface area (Å²) in [6.45, 7) is 1.46. The number of rotatable bonds is 5. The highest BCUT2D eigenvalue weighted by molar-refractivity contribution is 6.16. The average molecular weight is 191 g/mol. The van der Waals surface area contributed by atoms with E-state index in [1.165, 1.54) is 0 Å². The van der Waals surface area contributed by atoms with E-state index in [9.17, 15) is 0 Å². The van der Waals surface area contributed by atoms with E-state index in [1.54, 1.807) is 11.8 Å². The quantitative estimate of drug-likeness (QED) is 0.500. The van der Waals surface area contributed by atoms with E-state index in [0.717, 1.165) is 13.0 Å². The maximum Gasteiger partial charge on any atom is 0.165 e. The number of halogens is 1. The van der Waals surface area contributed by atoms with Gasteiger partial charge >= 0.3 is 0 Å². The molecule has 0 spiro atoms. The van der Waals surface area contributed by atoms with Gasteiger partial charge in [0.1, 0.15) is 0 Å². The van der Waals surface area contributed by atoms with E-state index in [0.29, 0.717) is 18.3 Å². The number of tetrazole rings is 1. The largest absolute Gasteiger partial charge is 0.385 e. The molecule has 0 aliphatic carbocycles. The van der Waals surface area contributed by atoms with Gasteiger partial charge < -0.3 is 4.74 Å². The van der Waals surface area contributed by atoms with Crippen molar-refractivity contribution in [3.05, 3.63) is 5.82 Å². The van der Waals surface area contributed by atoms with Gasteiger partial charge in [-0.1, -0.05) is 0 Å². The first-order chi connectivity index (χ1) is 5.88. The summed E-state index contributed by atoms with van der Waals surface area (Å²) in [6, 6.07) is 0. The van der Waals surface area contributed by atoms with Crippen LogP contribution in [0.4, 0.5) is 0 Å². The Bertz CT molecular complexity index is 227. The maximum atomic E-state index is 5.59. The van der Waals surface area contributed by atoms with E-state index in [1.807, 2.05) is 0 Å². The SMILES string of the molecule is COCCCn1nnnc1CCl. The lowest BCUT2D eigenvalue weighted by Crippen LogP contribution is -2.06. The summed E-state index contributed by atoms with van der Waals surface area (Å²) < 4.78 is 6.59. The third kappa shape index (κ3) is 2.42. The molecule has 1 aromatic heterocycles. The third-order valence-corrected chi connectivity index (χ3v) is 1.68. The van der Waals surface area contributed by atoms with Gasteiger partial charge in [0.2, 0.25) is 0 Å². The number of methoxy groups -OCH3 is 1. The van der Waals surface area contributed by atoms with E-state index < -0.39 is 0 Å². The molecule has 0 bridgehead atoms. The Morgan fingerprint density at radius 3 is 3.08 bits per heavy atom. The van der Waals surface area contributed by atoms with Crippen LogP contribution in [0.3, 0.4) is 0 Å². The zero-order valence-corrected chi connectivity index (χ0v) is 7.66. The second-order valence-electron chi connectivity index (χ2n) is 2.30. The van der Waals surface area contributed by atoms with Crippen molar-refractivity contribution < 1.29 is 4.74 Å². The molecule has 1 rings (SSSR count). The van der Waals surface area contributed by atoms with Crippen LogP contribution in [0.1, 0.15) is 12.2 Å². The molecular weight excluding hydrogens is 180 g/mol. The summed E-state index contributed by atoms with van der Waals surface area (Å²) in [4.78, 5) is 0. The zero-order valence-electron chi connectivity index (χ0n) is 6.90. The fourth-order valence-electron chi connectivity index (χ4n) is 0.851. The number of alkyl halides is 1. The van der Waals surface area contributed by atoms with Crippen LogP contribution >= 0.6 is 11.6 Å². The minimum Gasteiger partial charge on any atom is -0.385 e. The molecule has 12 heavy (non-hydrogen) atoms. The number of nitrogens with zero attached hydrogens (tertiary/aromatic N) is 4. The normalized spacial score (nSPS) is 10.5. The summed E-state index contributed by atoms with van der Waals surface area (Å²) in [7, 11) is 1.67. The van der Waals surface area contributed by atoms with Crippen LogP contribution in [0.25, 0.3) is 0 Å². The molecule has 0 aliphatic rings. The van der Waals surface area contributed by atoms with Gasteiger partial charge in [-0.3, -0.25) is 0 Å². The van der Waals surface area contributed by atoms with Gasteiger partial charge in [-0.2, -0.15) is 0 Å². The van der Waals surface area contributed by atoms with Crippen LogP contribution in [0.5, 0.6) is 0 Å². The molecule has 0 saturated heterocycles. The van der Waals surface area contributed by atoms with E-state index in [4.69, 9.17) is 16.3 Å². The van der Waals surface area contributed by atoms with Crippen LogP contribution in [0.15, 0.2) is 0 Å². The molecule has 0 unspecified atom stereocenters. The third-order valence-electron chi connectivity index (χ3n) is 1.44. The van der Waals surface area contributed by atoms with Gasteiger partial charge in [-0.15, -0.1) is 16.7 Å². The highest BCUT2D eigenvalue weighted by atomic mass is 35.5. The molecule has 6 heteroatoms. The second kappa shape index (κ2) is 5.05. The summed E-state index contributed by atoms with van der Waals surface area (Å²) in [5, 5.41) is 11.0. The van der Waals surface area contributed by atoms with Crippen molar-refractivity contribution in [3.63, 3.8) is 0 Å². The first-order valence-corrected chi connectivity index (χ1v) is 4.22. The van der Waals surface area contributed by atoms with Crippen molar-refractivity contribution in [2.24, 2.45) is 0 Å². The fraction of sp³-hybridized carbons (Fsp3) is 0.833. The summed E-state index contributed by atoms with van der Waals surface area (Å²) >= 11 is 5.59. The summed E-state index contributed by atoms with van der Waals surface area (Å²) in [5.41, 5.74) is 0. The van der Waals surface area contributed by atoms with Gasteiger partial charge in [0, 0.05) is 20.3 Å². The van der Waals surface area contributed by atoms with Gasteiger partial charge in [0.05, 0.1) is 5.88 Å². The molecule has 68 valence electrons. The minimum atomic E-state index is 0.347. The molecule has 0 amide bonds. The van der Waals surface area contributed by atoms with Crippen LogP contribution < -0.4 is 0 Å². The Balaban J connectivity index is 2.39.